The van der Waals surface area contributed by atoms with Crippen molar-refractivity contribution in [3.63, 3.8) is 0 Å². The molecular formula is C27H22O6. The summed E-state index contributed by atoms with van der Waals surface area (Å²) in [6.07, 6.45) is 4.52. The lowest BCUT2D eigenvalue weighted by molar-refractivity contribution is -0.153. The number of aliphatic hydroxyl groups excluding tert-OH is 1. The minimum atomic E-state index is -1.60. The van der Waals surface area contributed by atoms with Crippen LogP contribution in [0.5, 0.6) is 0 Å². The second-order valence-corrected chi connectivity index (χ2v) is 9.25. The average molecular weight is 442 g/mol. The van der Waals surface area contributed by atoms with Crippen LogP contribution in [-0.2, 0) is 23.9 Å². The maximum absolute atomic E-state index is 13.2. The molecule has 5 rings (SSSR count). The van der Waals surface area contributed by atoms with Crippen molar-refractivity contribution in [1.82, 2.24) is 0 Å². The third-order valence-electron chi connectivity index (χ3n) is 6.30. The third kappa shape index (κ3) is 3.30. The molecule has 0 aromatic heterocycles. The van der Waals surface area contributed by atoms with Crippen molar-refractivity contribution in [2.24, 2.45) is 0 Å². The van der Waals surface area contributed by atoms with Crippen molar-refractivity contribution in [1.29, 1.82) is 0 Å². The van der Waals surface area contributed by atoms with Gasteiger partial charge in [0.1, 0.15) is 16.9 Å². The van der Waals surface area contributed by atoms with E-state index in [1.165, 1.54) is 13.2 Å². The van der Waals surface area contributed by atoms with Crippen molar-refractivity contribution in [2.45, 2.75) is 38.4 Å². The molecule has 2 aliphatic heterocycles. The van der Waals surface area contributed by atoms with Gasteiger partial charge in [-0.15, -0.1) is 0 Å². The number of allylic oxidation sites excluding steroid dienone is 1. The lowest BCUT2D eigenvalue weighted by Crippen LogP contribution is -2.43. The van der Waals surface area contributed by atoms with E-state index in [1.54, 1.807) is 18.2 Å². The first kappa shape index (κ1) is 20.9. The zero-order chi connectivity index (χ0) is 23.5. The smallest absolute Gasteiger partial charge is 0.343 e. The number of hydrogen-bond acceptors (Lipinski definition) is 6. The highest BCUT2D eigenvalue weighted by molar-refractivity contribution is 6.28. The normalized spacial score (nSPS) is 23.9. The molecule has 0 saturated heterocycles. The third-order valence-corrected chi connectivity index (χ3v) is 6.30. The van der Waals surface area contributed by atoms with Crippen LogP contribution in [0, 0.1) is 0 Å². The quantitative estimate of drug-likeness (QED) is 0.326. The van der Waals surface area contributed by atoms with Gasteiger partial charge in [-0.3, -0.25) is 9.59 Å². The van der Waals surface area contributed by atoms with Crippen LogP contribution < -0.4 is 0 Å². The number of aliphatic hydroxyl groups is 1. The van der Waals surface area contributed by atoms with E-state index in [0.717, 1.165) is 16.8 Å². The largest absolute Gasteiger partial charge is 0.507 e. The first-order valence-corrected chi connectivity index (χ1v) is 10.6. The van der Waals surface area contributed by atoms with Gasteiger partial charge in [0, 0.05) is 23.6 Å². The molecule has 2 heterocycles. The SMILES string of the molecule is CC1(C)CC2=CC3=C(C(=O)C=C(O)c4ccc5ccccc5c4)C(=O)OC3(C)C(=O)C2=CO1. The maximum atomic E-state index is 13.2. The molecule has 2 aromatic rings. The summed E-state index contributed by atoms with van der Waals surface area (Å²) in [4.78, 5) is 39.0. The predicted molar refractivity (Wildman–Crippen MR) is 122 cm³/mol. The van der Waals surface area contributed by atoms with Crippen LogP contribution >= 0.6 is 0 Å². The van der Waals surface area contributed by atoms with E-state index in [4.69, 9.17) is 9.47 Å². The van der Waals surface area contributed by atoms with Gasteiger partial charge < -0.3 is 14.6 Å². The molecular weight excluding hydrogens is 420 g/mol. The Labute approximate surface area is 190 Å². The Bertz CT molecular complexity index is 1380. The Morgan fingerprint density at radius 1 is 1.06 bits per heavy atom. The molecule has 0 saturated carbocycles. The second-order valence-electron chi connectivity index (χ2n) is 9.25. The van der Waals surface area contributed by atoms with Crippen LogP contribution in [-0.4, -0.2) is 33.8 Å². The Hall–Kier alpha value is -3.93. The summed E-state index contributed by atoms with van der Waals surface area (Å²) in [6, 6.07) is 12.9. The van der Waals surface area contributed by atoms with Gasteiger partial charge in [0.25, 0.3) is 0 Å². The number of rotatable bonds is 3. The number of carbonyl (C=O) groups is 3. The highest BCUT2D eigenvalue weighted by atomic mass is 16.6. The zero-order valence-electron chi connectivity index (χ0n) is 18.5. The number of esters is 1. The van der Waals surface area contributed by atoms with Crippen LogP contribution in [0.3, 0.4) is 0 Å². The Morgan fingerprint density at radius 2 is 1.79 bits per heavy atom. The zero-order valence-corrected chi connectivity index (χ0v) is 18.5. The molecule has 1 N–H and O–H groups in total. The molecule has 0 bridgehead atoms. The van der Waals surface area contributed by atoms with E-state index in [0.29, 0.717) is 23.1 Å². The van der Waals surface area contributed by atoms with Gasteiger partial charge in [-0.1, -0.05) is 36.4 Å². The fourth-order valence-corrected chi connectivity index (χ4v) is 4.53. The number of benzene rings is 2. The summed E-state index contributed by atoms with van der Waals surface area (Å²) in [5.74, 6) is -2.30. The molecule has 1 aliphatic carbocycles. The Balaban J connectivity index is 1.58. The van der Waals surface area contributed by atoms with Gasteiger partial charge in [-0.05, 0) is 49.3 Å². The monoisotopic (exact) mass is 442 g/mol. The molecule has 0 amide bonds. The van der Waals surface area contributed by atoms with E-state index in [9.17, 15) is 19.5 Å². The molecule has 2 aromatic carbocycles. The van der Waals surface area contributed by atoms with Crippen LogP contribution in [0.15, 0.2) is 83.2 Å². The number of carbonyl (C=O) groups excluding carboxylic acids is 3. The van der Waals surface area contributed by atoms with Gasteiger partial charge in [0.2, 0.25) is 5.78 Å². The summed E-state index contributed by atoms with van der Waals surface area (Å²) in [5, 5.41) is 12.5. The lowest BCUT2D eigenvalue weighted by atomic mass is 9.74. The number of ether oxygens (including phenoxy) is 2. The van der Waals surface area contributed by atoms with E-state index >= 15 is 0 Å². The molecule has 6 heteroatoms. The van der Waals surface area contributed by atoms with Crippen molar-refractivity contribution in [3.8, 4) is 0 Å². The first-order chi connectivity index (χ1) is 15.6. The number of Topliss-reactive ketones (excluding diaryl/α,β-unsaturated/α-hetero) is 1. The maximum Gasteiger partial charge on any atom is 0.343 e. The fraction of sp³-hybridized carbons (Fsp3) is 0.222. The molecule has 0 radical (unpaired) electrons. The van der Waals surface area contributed by atoms with Crippen molar-refractivity contribution >= 4 is 34.1 Å². The fourth-order valence-electron chi connectivity index (χ4n) is 4.53. The number of fused-ring (bicyclic) bond motifs is 3. The topological polar surface area (TPSA) is 89.9 Å². The molecule has 6 nitrogen and oxygen atoms in total. The summed E-state index contributed by atoms with van der Waals surface area (Å²) in [7, 11) is 0. The van der Waals surface area contributed by atoms with Crippen molar-refractivity contribution < 1.29 is 29.0 Å². The summed E-state index contributed by atoms with van der Waals surface area (Å²) in [6.45, 7) is 5.25. The van der Waals surface area contributed by atoms with E-state index in [2.05, 4.69) is 0 Å². The highest BCUT2D eigenvalue weighted by Gasteiger charge is 2.54. The van der Waals surface area contributed by atoms with Crippen molar-refractivity contribution in [2.75, 3.05) is 0 Å². The standard InChI is InChI=1S/C27H22O6/c1-26(2)13-18-11-20-23(25(31)33-27(20,3)24(30)19(18)14-32-26)22(29)12-21(28)17-9-8-15-6-4-5-7-16(15)10-17/h4-12,14,28H,13H2,1-3H3. The minimum Gasteiger partial charge on any atom is -0.507 e. The summed E-state index contributed by atoms with van der Waals surface area (Å²) in [5.41, 5.74) is -0.674. The van der Waals surface area contributed by atoms with E-state index < -0.39 is 28.7 Å². The van der Waals surface area contributed by atoms with Crippen LogP contribution in [0.1, 0.15) is 32.8 Å². The van der Waals surface area contributed by atoms with Crippen LogP contribution in [0.4, 0.5) is 0 Å². The van der Waals surface area contributed by atoms with E-state index in [-0.39, 0.29) is 16.9 Å². The first-order valence-electron chi connectivity index (χ1n) is 10.6. The van der Waals surface area contributed by atoms with Gasteiger partial charge in [0.15, 0.2) is 11.4 Å². The lowest BCUT2D eigenvalue weighted by Gasteiger charge is -2.37. The molecule has 0 fully saturated rings. The van der Waals surface area contributed by atoms with Gasteiger partial charge in [-0.2, -0.15) is 0 Å². The minimum absolute atomic E-state index is 0.218. The molecule has 1 atom stereocenters. The van der Waals surface area contributed by atoms with Gasteiger partial charge in [-0.25, -0.2) is 4.79 Å². The molecule has 33 heavy (non-hydrogen) atoms. The molecule has 3 aliphatic rings. The van der Waals surface area contributed by atoms with Crippen LogP contribution in [0.25, 0.3) is 16.5 Å². The van der Waals surface area contributed by atoms with Gasteiger partial charge in [0.05, 0.1) is 11.8 Å². The average Bonchev–Trinajstić information content (AvgIpc) is 3.03. The Morgan fingerprint density at radius 3 is 2.55 bits per heavy atom. The van der Waals surface area contributed by atoms with E-state index in [1.807, 2.05) is 44.2 Å². The summed E-state index contributed by atoms with van der Waals surface area (Å²) < 4.78 is 11.1. The molecule has 166 valence electrons. The molecule has 0 spiro atoms. The predicted octanol–water partition coefficient (Wildman–Crippen LogP) is 4.51. The van der Waals surface area contributed by atoms with Crippen LogP contribution in [0.2, 0.25) is 0 Å². The second kappa shape index (κ2) is 7.04. The highest BCUT2D eigenvalue weighted by Crippen LogP contribution is 2.46. The van der Waals surface area contributed by atoms with Gasteiger partial charge >= 0.3 is 5.97 Å². The molecule has 1 unspecified atom stereocenters. The number of ketones is 2. The summed E-state index contributed by atoms with van der Waals surface area (Å²) >= 11 is 0. The van der Waals surface area contributed by atoms with Crippen molar-refractivity contribution in [3.05, 3.63) is 88.7 Å². The number of hydrogen-bond donors (Lipinski definition) is 1. The Kier molecular flexibility index (Phi) is 4.47.